The molecule has 2 aromatic rings. The van der Waals surface area contributed by atoms with Crippen LogP contribution in [0.25, 0.3) is 0 Å². The van der Waals surface area contributed by atoms with E-state index in [1.165, 1.54) is 6.07 Å². The zero-order valence-electron chi connectivity index (χ0n) is 9.58. The van der Waals surface area contributed by atoms with Crippen molar-refractivity contribution >= 4 is 11.4 Å². The summed E-state index contributed by atoms with van der Waals surface area (Å²) in [6, 6.07) is 12.0. The van der Waals surface area contributed by atoms with Gasteiger partial charge in [-0.25, -0.2) is 8.78 Å². The third-order valence-electron chi connectivity index (χ3n) is 3.07. The van der Waals surface area contributed by atoms with Crippen molar-refractivity contribution in [3.05, 3.63) is 59.7 Å². The SMILES string of the molecule is Fc1cc(F)c2c(c1)NC(c1ccccc1)CN2. The van der Waals surface area contributed by atoms with Gasteiger partial charge in [0.05, 0.1) is 17.4 Å². The lowest BCUT2D eigenvalue weighted by Gasteiger charge is -2.29. The maximum absolute atomic E-state index is 13.5. The number of nitrogens with one attached hydrogen (secondary N) is 2. The van der Waals surface area contributed by atoms with E-state index in [1.54, 1.807) is 0 Å². The highest BCUT2D eigenvalue weighted by Crippen LogP contribution is 2.34. The molecule has 0 fully saturated rings. The Kier molecular flexibility index (Phi) is 2.63. The highest BCUT2D eigenvalue weighted by Gasteiger charge is 2.21. The highest BCUT2D eigenvalue weighted by atomic mass is 19.1. The van der Waals surface area contributed by atoms with Crippen LogP contribution in [0.4, 0.5) is 20.2 Å². The largest absolute Gasteiger partial charge is 0.379 e. The van der Waals surface area contributed by atoms with E-state index in [2.05, 4.69) is 10.6 Å². The van der Waals surface area contributed by atoms with Gasteiger partial charge >= 0.3 is 0 Å². The minimum Gasteiger partial charge on any atom is -0.379 e. The first kappa shape index (κ1) is 11.0. The zero-order chi connectivity index (χ0) is 12.5. The van der Waals surface area contributed by atoms with E-state index in [1.807, 2.05) is 30.3 Å². The van der Waals surface area contributed by atoms with E-state index in [0.29, 0.717) is 17.9 Å². The standard InChI is InChI=1S/C14H12F2N2/c15-10-6-11(16)14-12(7-10)18-13(8-17-14)9-4-2-1-3-5-9/h1-7,13,17-18H,8H2. The monoisotopic (exact) mass is 246 g/mol. The molecule has 0 radical (unpaired) electrons. The Morgan fingerprint density at radius 3 is 2.61 bits per heavy atom. The van der Waals surface area contributed by atoms with Crippen molar-refractivity contribution in [3.8, 4) is 0 Å². The smallest absolute Gasteiger partial charge is 0.151 e. The predicted molar refractivity (Wildman–Crippen MR) is 67.7 cm³/mol. The second kappa shape index (κ2) is 4.29. The number of rotatable bonds is 1. The van der Waals surface area contributed by atoms with Crippen LogP contribution in [0.5, 0.6) is 0 Å². The van der Waals surface area contributed by atoms with Gasteiger partial charge < -0.3 is 10.6 Å². The van der Waals surface area contributed by atoms with E-state index >= 15 is 0 Å². The molecule has 18 heavy (non-hydrogen) atoms. The summed E-state index contributed by atoms with van der Waals surface area (Å²) < 4.78 is 26.7. The van der Waals surface area contributed by atoms with Crippen molar-refractivity contribution in [2.45, 2.75) is 6.04 Å². The van der Waals surface area contributed by atoms with E-state index in [9.17, 15) is 8.78 Å². The Bertz CT molecular complexity index is 570. The molecular formula is C14H12F2N2. The lowest BCUT2D eigenvalue weighted by molar-refractivity contribution is 0.582. The maximum atomic E-state index is 13.5. The molecule has 1 atom stereocenters. The van der Waals surface area contributed by atoms with Crippen molar-refractivity contribution in [2.24, 2.45) is 0 Å². The summed E-state index contributed by atoms with van der Waals surface area (Å²) in [5.41, 5.74) is 1.89. The van der Waals surface area contributed by atoms with Crippen molar-refractivity contribution in [1.29, 1.82) is 0 Å². The van der Waals surface area contributed by atoms with Crippen molar-refractivity contribution < 1.29 is 8.78 Å². The lowest BCUT2D eigenvalue weighted by Crippen LogP contribution is -2.26. The first-order valence-corrected chi connectivity index (χ1v) is 5.78. The summed E-state index contributed by atoms with van der Waals surface area (Å²) in [5.74, 6) is -1.14. The number of fused-ring (bicyclic) bond motifs is 1. The van der Waals surface area contributed by atoms with Gasteiger partial charge in [0.25, 0.3) is 0 Å². The molecule has 0 saturated heterocycles. The molecule has 1 aliphatic heterocycles. The molecule has 2 aromatic carbocycles. The number of halogens is 2. The molecule has 0 amide bonds. The molecule has 1 aliphatic rings. The predicted octanol–water partition coefficient (Wildman–Crippen LogP) is 3.54. The topological polar surface area (TPSA) is 24.1 Å². The quantitative estimate of drug-likeness (QED) is 0.804. The molecule has 4 heteroatoms. The fourth-order valence-electron chi connectivity index (χ4n) is 2.20. The Labute approximate surface area is 104 Å². The Hall–Kier alpha value is -2.10. The van der Waals surface area contributed by atoms with Crippen molar-refractivity contribution in [3.63, 3.8) is 0 Å². The Morgan fingerprint density at radius 2 is 1.83 bits per heavy atom. The summed E-state index contributed by atoms with van der Waals surface area (Å²) in [4.78, 5) is 0. The second-order valence-corrected chi connectivity index (χ2v) is 4.30. The van der Waals surface area contributed by atoms with Gasteiger partial charge in [0, 0.05) is 12.6 Å². The summed E-state index contributed by atoms with van der Waals surface area (Å²) in [7, 11) is 0. The average molecular weight is 246 g/mol. The second-order valence-electron chi connectivity index (χ2n) is 4.30. The first-order valence-electron chi connectivity index (χ1n) is 5.78. The van der Waals surface area contributed by atoms with Crippen LogP contribution in [-0.2, 0) is 0 Å². The number of hydrogen-bond donors (Lipinski definition) is 2. The van der Waals surface area contributed by atoms with Gasteiger partial charge in [0.15, 0.2) is 5.82 Å². The molecule has 0 saturated carbocycles. The Balaban J connectivity index is 1.94. The fourth-order valence-corrected chi connectivity index (χ4v) is 2.20. The highest BCUT2D eigenvalue weighted by molar-refractivity contribution is 5.72. The molecule has 0 bridgehead atoms. The lowest BCUT2D eigenvalue weighted by atomic mass is 10.0. The fraction of sp³-hybridized carbons (Fsp3) is 0.143. The van der Waals surface area contributed by atoms with Crippen molar-refractivity contribution in [2.75, 3.05) is 17.2 Å². The molecule has 1 heterocycles. The molecule has 0 aromatic heterocycles. The minimum atomic E-state index is -0.575. The minimum absolute atomic E-state index is 0.0138. The van der Waals surface area contributed by atoms with Crippen LogP contribution >= 0.6 is 0 Å². The van der Waals surface area contributed by atoms with Gasteiger partial charge in [-0.15, -0.1) is 0 Å². The summed E-state index contributed by atoms with van der Waals surface area (Å²) in [6.45, 7) is 0.569. The van der Waals surface area contributed by atoms with Gasteiger partial charge in [-0.2, -0.15) is 0 Å². The molecule has 0 aliphatic carbocycles. The van der Waals surface area contributed by atoms with Gasteiger partial charge in [0.1, 0.15) is 5.82 Å². The zero-order valence-corrected chi connectivity index (χ0v) is 9.58. The molecule has 1 unspecified atom stereocenters. The molecule has 2 N–H and O–H groups in total. The van der Waals surface area contributed by atoms with Gasteiger partial charge in [0.2, 0.25) is 0 Å². The van der Waals surface area contributed by atoms with Crippen LogP contribution in [0.2, 0.25) is 0 Å². The first-order chi connectivity index (χ1) is 8.74. The van der Waals surface area contributed by atoms with E-state index < -0.39 is 11.6 Å². The molecule has 0 spiro atoms. The van der Waals surface area contributed by atoms with Crippen LogP contribution in [0.15, 0.2) is 42.5 Å². The van der Waals surface area contributed by atoms with Crippen LogP contribution in [0, 0.1) is 11.6 Å². The molecule has 92 valence electrons. The van der Waals surface area contributed by atoms with E-state index in [4.69, 9.17) is 0 Å². The normalized spacial score (nSPS) is 17.6. The summed E-state index contributed by atoms with van der Waals surface area (Å²) in [6.07, 6.45) is 0. The summed E-state index contributed by atoms with van der Waals surface area (Å²) >= 11 is 0. The molecule has 3 rings (SSSR count). The van der Waals surface area contributed by atoms with Gasteiger partial charge in [-0.3, -0.25) is 0 Å². The van der Waals surface area contributed by atoms with E-state index in [-0.39, 0.29) is 6.04 Å². The van der Waals surface area contributed by atoms with Gasteiger partial charge in [-0.05, 0) is 11.6 Å². The van der Waals surface area contributed by atoms with Crippen LogP contribution in [0.1, 0.15) is 11.6 Å². The van der Waals surface area contributed by atoms with Gasteiger partial charge in [-0.1, -0.05) is 30.3 Å². The average Bonchev–Trinajstić information content (AvgIpc) is 2.39. The molecule has 2 nitrogen and oxygen atoms in total. The van der Waals surface area contributed by atoms with E-state index in [0.717, 1.165) is 11.6 Å². The number of anilines is 2. The van der Waals surface area contributed by atoms with Crippen LogP contribution in [-0.4, -0.2) is 6.54 Å². The van der Waals surface area contributed by atoms with Crippen LogP contribution < -0.4 is 10.6 Å². The third kappa shape index (κ3) is 1.90. The number of benzene rings is 2. The van der Waals surface area contributed by atoms with Crippen molar-refractivity contribution in [1.82, 2.24) is 0 Å². The maximum Gasteiger partial charge on any atom is 0.151 e. The molecular weight excluding hydrogens is 234 g/mol. The number of hydrogen-bond acceptors (Lipinski definition) is 2. The third-order valence-corrected chi connectivity index (χ3v) is 3.07. The summed E-state index contributed by atoms with van der Waals surface area (Å²) in [5, 5.41) is 6.15. The Morgan fingerprint density at radius 1 is 1.06 bits per heavy atom. The van der Waals surface area contributed by atoms with Crippen LogP contribution in [0.3, 0.4) is 0 Å².